The second kappa shape index (κ2) is 6.51. The number of hydrogen-bond acceptors (Lipinski definition) is 3. The summed E-state index contributed by atoms with van der Waals surface area (Å²) in [6.07, 6.45) is -3.83. The number of aliphatic hydroxyl groups excluding tert-OH is 1. The van der Waals surface area contributed by atoms with Crippen molar-refractivity contribution in [3.05, 3.63) is 0 Å². The molecule has 0 fully saturated rings. The standard InChI is InChI=1S/C10H19F3N2OS/c1-9(2,8(14)17)3-4-15(5-6-16)7-10(11,12)13/h16H,3-7H2,1-2H3,(H2,14,17). The van der Waals surface area contributed by atoms with E-state index in [-0.39, 0.29) is 24.7 Å². The van der Waals surface area contributed by atoms with E-state index in [9.17, 15) is 13.2 Å². The van der Waals surface area contributed by atoms with Gasteiger partial charge in [-0.15, -0.1) is 0 Å². The minimum Gasteiger partial charge on any atom is -0.395 e. The molecule has 17 heavy (non-hydrogen) atoms. The molecule has 0 aromatic heterocycles. The van der Waals surface area contributed by atoms with Crippen molar-refractivity contribution in [1.29, 1.82) is 0 Å². The first kappa shape index (κ1) is 16.6. The van der Waals surface area contributed by atoms with Gasteiger partial charge in [-0.1, -0.05) is 26.1 Å². The maximum atomic E-state index is 12.2. The Hall–Kier alpha value is -0.400. The summed E-state index contributed by atoms with van der Waals surface area (Å²) in [6.45, 7) is 2.45. The number of nitrogens with two attached hydrogens (primary N) is 1. The zero-order valence-corrected chi connectivity index (χ0v) is 10.9. The molecule has 0 aliphatic carbocycles. The van der Waals surface area contributed by atoms with Crippen LogP contribution in [-0.2, 0) is 0 Å². The number of rotatable bonds is 7. The Kier molecular flexibility index (Phi) is 6.36. The second-order valence-corrected chi connectivity index (χ2v) is 5.05. The Labute approximate surface area is 105 Å². The van der Waals surface area contributed by atoms with Gasteiger partial charge in [0.1, 0.15) is 0 Å². The molecule has 0 saturated heterocycles. The minimum absolute atomic E-state index is 0.00702. The molecule has 0 aromatic rings. The van der Waals surface area contributed by atoms with E-state index >= 15 is 0 Å². The maximum Gasteiger partial charge on any atom is 0.401 e. The lowest BCUT2D eigenvalue weighted by Crippen LogP contribution is -2.40. The first-order valence-electron chi connectivity index (χ1n) is 5.28. The lowest BCUT2D eigenvalue weighted by molar-refractivity contribution is -0.147. The Morgan fingerprint density at radius 3 is 2.18 bits per heavy atom. The summed E-state index contributed by atoms with van der Waals surface area (Å²) in [5, 5.41) is 8.71. The van der Waals surface area contributed by atoms with Crippen molar-refractivity contribution < 1.29 is 18.3 Å². The fraction of sp³-hybridized carbons (Fsp3) is 0.900. The number of alkyl halides is 3. The summed E-state index contributed by atoms with van der Waals surface area (Å²) < 4.78 is 36.7. The molecule has 0 unspecified atom stereocenters. The molecule has 0 spiro atoms. The average Bonchev–Trinajstić information content (AvgIpc) is 2.12. The molecule has 0 aromatic carbocycles. The van der Waals surface area contributed by atoms with Gasteiger partial charge in [-0.25, -0.2) is 0 Å². The largest absolute Gasteiger partial charge is 0.401 e. The van der Waals surface area contributed by atoms with Gasteiger partial charge in [0.15, 0.2) is 0 Å². The van der Waals surface area contributed by atoms with E-state index in [0.29, 0.717) is 6.42 Å². The van der Waals surface area contributed by atoms with Crippen molar-refractivity contribution in [1.82, 2.24) is 4.90 Å². The molecule has 0 rings (SSSR count). The Morgan fingerprint density at radius 1 is 1.29 bits per heavy atom. The zero-order valence-electron chi connectivity index (χ0n) is 10.0. The van der Waals surface area contributed by atoms with Crippen LogP contribution < -0.4 is 5.73 Å². The summed E-state index contributed by atoms with van der Waals surface area (Å²) in [6, 6.07) is 0. The number of hydrogen-bond donors (Lipinski definition) is 2. The Bertz CT molecular complexity index is 256. The van der Waals surface area contributed by atoms with Gasteiger partial charge in [-0.05, 0) is 13.0 Å². The highest BCUT2D eigenvalue weighted by molar-refractivity contribution is 7.80. The van der Waals surface area contributed by atoms with Crippen LogP contribution in [-0.4, -0.2) is 47.4 Å². The van der Waals surface area contributed by atoms with Gasteiger partial charge < -0.3 is 10.8 Å². The molecule has 0 amide bonds. The van der Waals surface area contributed by atoms with Crippen molar-refractivity contribution in [3.63, 3.8) is 0 Å². The highest BCUT2D eigenvalue weighted by atomic mass is 32.1. The van der Waals surface area contributed by atoms with Crippen LogP contribution in [0.15, 0.2) is 0 Å². The van der Waals surface area contributed by atoms with Crippen LogP contribution in [0.2, 0.25) is 0 Å². The Morgan fingerprint density at radius 2 is 1.82 bits per heavy atom. The van der Waals surface area contributed by atoms with E-state index in [4.69, 9.17) is 23.1 Å². The SMILES string of the molecule is CC(C)(CCN(CCO)CC(F)(F)F)C(N)=S. The predicted octanol–water partition coefficient (Wildman–Crippen LogP) is 1.55. The third-order valence-corrected chi connectivity index (χ3v) is 3.09. The lowest BCUT2D eigenvalue weighted by Gasteiger charge is -2.28. The summed E-state index contributed by atoms with van der Waals surface area (Å²) in [4.78, 5) is 1.44. The second-order valence-electron chi connectivity index (χ2n) is 4.61. The first-order chi connectivity index (χ1) is 7.58. The van der Waals surface area contributed by atoms with Gasteiger partial charge in [0.05, 0.1) is 18.1 Å². The van der Waals surface area contributed by atoms with Crippen molar-refractivity contribution in [2.45, 2.75) is 26.4 Å². The third kappa shape index (κ3) is 7.51. The molecule has 0 bridgehead atoms. The molecular weight excluding hydrogens is 253 g/mol. The molecule has 0 heterocycles. The summed E-state index contributed by atoms with van der Waals surface area (Å²) >= 11 is 4.85. The van der Waals surface area contributed by atoms with E-state index < -0.39 is 18.1 Å². The van der Waals surface area contributed by atoms with Crippen LogP contribution in [0.4, 0.5) is 13.2 Å². The van der Waals surface area contributed by atoms with Crippen molar-refractivity contribution in [2.75, 3.05) is 26.2 Å². The molecule has 3 nitrogen and oxygen atoms in total. The van der Waals surface area contributed by atoms with Gasteiger partial charge in [-0.2, -0.15) is 13.2 Å². The quantitative estimate of drug-likeness (QED) is 0.690. The van der Waals surface area contributed by atoms with Crippen LogP contribution in [0, 0.1) is 5.41 Å². The van der Waals surface area contributed by atoms with Crippen molar-refractivity contribution >= 4 is 17.2 Å². The maximum absolute atomic E-state index is 12.2. The normalized spacial score (nSPS) is 13.1. The highest BCUT2D eigenvalue weighted by Gasteiger charge is 2.31. The minimum atomic E-state index is -4.26. The van der Waals surface area contributed by atoms with Crippen LogP contribution in [0.25, 0.3) is 0 Å². The summed E-state index contributed by atoms with van der Waals surface area (Å²) in [7, 11) is 0. The third-order valence-electron chi connectivity index (χ3n) is 2.54. The first-order valence-corrected chi connectivity index (χ1v) is 5.69. The molecule has 102 valence electrons. The number of halogens is 3. The van der Waals surface area contributed by atoms with E-state index in [1.165, 1.54) is 0 Å². The monoisotopic (exact) mass is 272 g/mol. The lowest BCUT2D eigenvalue weighted by atomic mass is 9.89. The van der Waals surface area contributed by atoms with Crippen molar-refractivity contribution in [2.24, 2.45) is 11.1 Å². The van der Waals surface area contributed by atoms with Gasteiger partial charge in [0, 0.05) is 12.0 Å². The summed E-state index contributed by atoms with van der Waals surface area (Å²) in [5.74, 6) is 0. The van der Waals surface area contributed by atoms with Crippen LogP contribution in [0.5, 0.6) is 0 Å². The van der Waals surface area contributed by atoms with Gasteiger partial charge in [-0.3, -0.25) is 4.90 Å². The number of nitrogens with zero attached hydrogens (tertiary/aromatic N) is 1. The summed E-state index contributed by atoms with van der Waals surface area (Å²) in [5.41, 5.74) is 5.02. The van der Waals surface area contributed by atoms with Gasteiger partial charge in [0.25, 0.3) is 0 Å². The molecule has 0 saturated carbocycles. The average molecular weight is 272 g/mol. The molecule has 0 aliphatic heterocycles. The fourth-order valence-electron chi connectivity index (χ4n) is 1.23. The zero-order chi connectivity index (χ0) is 13.7. The molecular formula is C10H19F3N2OS. The van der Waals surface area contributed by atoms with E-state index in [0.717, 1.165) is 4.90 Å². The van der Waals surface area contributed by atoms with Crippen LogP contribution >= 0.6 is 12.2 Å². The number of aliphatic hydroxyl groups is 1. The van der Waals surface area contributed by atoms with E-state index in [1.54, 1.807) is 13.8 Å². The van der Waals surface area contributed by atoms with E-state index in [1.807, 2.05) is 0 Å². The molecule has 0 atom stereocenters. The fourth-order valence-corrected chi connectivity index (χ4v) is 1.33. The van der Waals surface area contributed by atoms with Crippen molar-refractivity contribution in [3.8, 4) is 0 Å². The van der Waals surface area contributed by atoms with Crippen LogP contribution in [0.3, 0.4) is 0 Å². The molecule has 7 heteroatoms. The van der Waals surface area contributed by atoms with E-state index in [2.05, 4.69) is 0 Å². The smallest absolute Gasteiger partial charge is 0.395 e. The van der Waals surface area contributed by atoms with Gasteiger partial charge >= 0.3 is 6.18 Å². The molecule has 0 aliphatic rings. The highest BCUT2D eigenvalue weighted by Crippen LogP contribution is 2.22. The molecule has 3 N–H and O–H groups in total. The predicted molar refractivity (Wildman–Crippen MR) is 64.8 cm³/mol. The number of thiocarbonyl (C=S) groups is 1. The Balaban J connectivity index is 4.32. The van der Waals surface area contributed by atoms with Gasteiger partial charge in [0.2, 0.25) is 0 Å². The molecule has 0 radical (unpaired) electrons. The topological polar surface area (TPSA) is 49.5 Å². The van der Waals surface area contributed by atoms with Crippen LogP contribution in [0.1, 0.15) is 20.3 Å².